The summed E-state index contributed by atoms with van der Waals surface area (Å²) in [7, 11) is 1.03. The van der Waals surface area contributed by atoms with Crippen LogP contribution in [0.5, 0.6) is 0 Å². The van der Waals surface area contributed by atoms with E-state index in [0.717, 1.165) is 19.6 Å². The monoisotopic (exact) mass is 333 g/mol. The summed E-state index contributed by atoms with van der Waals surface area (Å²) in [4.78, 5) is 16.5. The van der Waals surface area contributed by atoms with Crippen LogP contribution in [0.1, 0.15) is 13.3 Å². The van der Waals surface area contributed by atoms with E-state index in [1.165, 1.54) is 0 Å². The van der Waals surface area contributed by atoms with Crippen LogP contribution in [0.25, 0.3) is 0 Å². The van der Waals surface area contributed by atoms with Crippen molar-refractivity contribution < 1.29 is 17.9 Å². The van der Waals surface area contributed by atoms with Crippen molar-refractivity contribution in [2.24, 2.45) is 0 Å². The zero-order valence-electron chi connectivity index (χ0n) is 13.6. The third-order valence-corrected chi connectivity index (χ3v) is 6.01. The number of nitrogens with zero attached hydrogens (tertiary/aromatic N) is 2. The summed E-state index contributed by atoms with van der Waals surface area (Å²) in [5.41, 5.74) is 0. The van der Waals surface area contributed by atoms with E-state index in [1.54, 1.807) is 0 Å². The zero-order chi connectivity index (χ0) is 16.3. The van der Waals surface area contributed by atoms with Crippen LogP contribution in [0.3, 0.4) is 0 Å². The van der Waals surface area contributed by atoms with Gasteiger partial charge in [-0.3, -0.25) is 9.69 Å². The summed E-state index contributed by atoms with van der Waals surface area (Å²) < 4.78 is 28.6. The van der Waals surface area contributed by atoms with Gasteiger partial charge in [0.05, 0.1) is 30.3 Å². The Balaban J connectivity index is 1.84. The second kappa shape index (κ2) is 7.25. The molecular formula is C14H27N3O4S. The summed E-state index contributed by atoms with van der Waals surface area (Å²) in [6, 6.07) is -0.504. The van der Waals surface area contributed by atoms with Gasteiger partial charge in [0.2, 0.25) is 5.91 Å². The first-order chi connectivity index (χ1) is 10.3. The van der Waals surface area contributed by atoms with Crippen LogP contribution in [0.2, 0.25) is 0 Å². The number of carbonyl (C=O) groups excluding carboxylic acids is 1. The van der Waals surface area contributed by atoms with Crippen molar-refractivity contribution in [2.75, 3.05) is 51.8 Å². The second-order valence-corrected chi connectivity index (χ2v) is 8.76. The third kappa shape index (κ3) is 4.91. The summed E-state index contributed by atoms with van der Waals surface area (Å²) in [6.07, 6.45) is 0.624. The number of amides is 1. The predicted octanol–water partition coefficient (Wildman–Crippen LogP) is -1.06. The molecule has 2 saturated heterocycles. The average molecular weight is 333 g/mol. The van der Waals surface area contributed by atoms with E-state index in [2.05, 4.69) is 15.1 Å². The van der Waals surface area contributed by atoms with Crippen LogP contribution >= 0.6 is 0 Å². The molecule has 2 fully saturated rings. The molecule has 2 heterocycles. The first-order valence-corrected chi connectivity index (χ1v) is 9.60. The Morgan fingerprint density at radius 1 is 1.45 bits per heavy atom. The molecule has 0 aromatic heterocycles. The minimum atomic E-state index is -2.97. The summed E-state index contributed by atoms with van der Waals surface area (Å²) >= 11 is 0. The Morgan fingerprint density at radius 3 is 2.77 bits per heavy atom. The van der Waals surface area contributed by atoms with E-state index in [9.17, 15) is 13.2 Å². The number of morpholine rings is 1. The molecule has 3 atom stereocenters. The fourth-order valence-corrected chi connectivity index (χ4v) is 4.68. The van der Waals surface area contributed by atoms with E-state index >= 15 is 0 Å². The highest BCUT2D eigenvalue weighted by atomic mass is 32.2. The second-order valence-electron chi connectivity index (χ2n) is 6.53. The lowest BCUT2D eigenvalue weighted by atomic mass is 10.1. The molecular weight excluding hydrogens is 306 g/mol. The van der Waals surface area contributed by atoms with Gasteiger partial charge in [-0.05, 0) is 27.4 Å². The van der Waals surface area contributed by atoms with Crippen molar-refractivity contribution in [2.45, 2.75) is 31.5 Å². The minimum Gasteiger partial charge on any atom is -0.374 e. The lowest BCUT2D eigenvalue weighted by molar-refractivity contribution is -0.130. The number of hydrogen-bond acceptors (Lipinski definition) is 6. The van der Waals surface area contributed by atoms with Gasteiger partial charge >= 0.3 is 0 Å². The molecule has 0 spiro atoms. The maximum Gasteiger partial charge on any atom is 0.237 e. The first-order valence-electron chi connectivity index (χ1n) is 7.78. The quantitative estimate of drug-likeness (QED) is 0.691. The topological polar surface area (TPSA) is 79.0 Å². The Hall–Kier alpha value is -0.700. The maximum atomic E-state index is 12.3. The van der Waals surface area contributed by atoms with Gasteiger partial charge in [0.1, 0.15) is 0 Å². The van der Waals surface area contributed by atoms with Crippen LogP contribution in [0.4, 0.5) is 0 Å². The van der Waals surface area contributed by atoms with Crippen LogP contribution < -0.4 is 5.32 Å². The third-order valence-electron chi connectivity index (χ3n) is 4.24. The fourth-order valence-electron chi connectivity index (χ4n) is 3.01. The summed E-state index contributed by atoms with van der Waals surface area (Å²) in [5, 5.41) is 2.88. The number of rotatable bonds is 5. The lowest BCUT2D eigenvalue weighted by Crippen LogP contribution is -2.55. The van der Waals surface area contributed by atoms with Crippen molar-refractivity contribution in [1.29, 1.82) is 0 Å². The number of hydrogen-bond donors (Lipinski definition) is 1. The highest BCUT2D eigenvalue weighted by Gasteiger charge is 2.32. The molecule has 2 rings (SSSR count). The van der Waals surface area contributed by atoms with Crippen LogP contribution in [0, 0.1) is 0 Å². The summed E-state index contributed by atoms with van der Waals surface area (Å²) in [5.74, 6) is 0.152. The molecule has 1 N–H and O–H groups in total. The van der Waals surface area contributed by atoms with E-state index in [1.807, 2.05) is 21.0 Å². The number of likely N-dealkylation sites (N-methyl/N-ethyl adjacent to an activating group) is 1. The van der Waals surface area contributed by atoms with Crippen molar-refractivity contribution in [3.05, 3.63) is 0 Å². The standard InChI is InChI=1S/C14H27N3O4S/c1-11(14(18)15-12-4-7-22(19,20)10-12)17-5-6-21-13(9-17)8-16(2)3/h11-13H,4-10H2,1-3H3,(H,15,18)/t11-,12+,13-/m1/s1. The zero-order valence-corrected chi connectivity index (χ0v) is 14.4. The normalized spacial score (nSPS) is 30.4. The minimum absolute atomic E-state index is 0.0673. The molecule has 0 aromatic rings. The molecule has 0 saturated carbocycles. The van der Waals surface area contributed by atoms with Gasteiger partial charge in [-0.15, -0.1) is 0 Å². The number of ether oxygens (including phenoxy) is 1. The van der Waals surface area contributed by atoms with Gasteiger partial charge in [-0.25, -0.2) is 8.42 Å². The van der Waals surface area contributed by atoms with Gasteiger partial charge in [0.15, 0.2) is 9.84 Å². The molecule has 128 valence electrons. The summed E-state index contributed by atoms with van der Waals surface area (Å²) in [6.45, 7) is 4.76. The van der Waals surface area contributed by atoms with E-state index in [-0.39, 0.29) is 35.6 Å². The molecule has 1 amide bonds. The lowest BCUT2D eigenvalue weighted by Gasteiger charge is -2.37. The molecule has 22 heavy (non-hydrogen) atoms. The van der Waals surface area contributed by atoms with Crippen molar-refractivity contribution in [3.8, 4) is 0 Å². The van der Waals surface area contributed by atoms with E-state index in [0.29, 0.717) is 13.0 Å². The molecule has 8 heteroatoms. The molecule has 7 nitrogen and oxygen atoms in total. The molecule has 0 aromatic carbocycles. The highest BCUT2D eigenvalue weighted by molar-refractivity contribution is 7.91. The number of nitrogens with one attached hydrogen (secondary N) is 1. The maximum absolute atomic E-state index is 12.3. The predicted molar refractivity (Wildman–Crippen MR) is 84.5 cm³/mol. The molecule has 0 aliphatic carbocycles. The largest absolute Gasteiger partial charge is 0.374 e. The van der Waals surface area contributed by atoms with Gasteiger partial charge in [-0.1, -0.05) is 0 Å². The van der Waals surface area contributed by atoms with E-state index in [4.69, 9.17) is 4.74 Å². The van der Waals surface area contributed by atoms with Crippen molar-refractivity contribution >= 4 is 15.7 Å². The Kier molecular flexibility index (Phi) is 5.81. The van der Waals surface area contributed by atoms with Crippen molar-refractivity contribution in [1.82, 2.24) is 15.1 Å². The van der Waals surface area contributed by atoms with Gasteiger partial charge in [0.25, 0.3) is 0 Å². The SMILES string of the molecule is C[C@H](C(=O)N[C@H]1CCS(=O)(=O)C1)N1CCO[C@H](CN(C)C)C1. The number of sulfone groups is 1. The van der Waals surface area contributed by atoms with E-state index < -0.39 is 9.84 Å². The van der Waals surface area contributed by atoms with Crippen LogP contribution in [0.15, 0.2) is 0 Å². The Bertz CT molecular complexity index is 494. The van der Waals surface area contributed by atoms with Crippen molar-refractivity contribution in [3.63, 3.8) is 0 Å². The highest BCUT2D eigenvalue weighted by Crippen LogP contribution is 2.13. The average Bonchev–Trinajstić information content (AvgIpc) is 2.76. The van der Waals surface area contributed by atoms with Gasteiger partial charge < -0.3 is 15.0 Å². The molecule has 0 radical (unpaired) electrons. The van der Waals surface area contributed by atoms with Crippen LogP contribution in [-0.4, -0.2) is 94.2 Å². The Morgan fingerprint density at radius 2 is 2.18 bits per heavy atom. The van der Waals surface area contributed by atoms with Crippen LogP contribution in [-0.2, 0) is 19.4 Å². The molecule has 2 aliphatic heterocycles. The first kappa shape index (κ1) is 17.7. The molecule has 0 bridgehead atoms. The van der Waals surface area contributed by atoms with Gasteiger partial charge in [0, 0.05) is 25.7 Å². The molecule has 2 aliphatic rings. The Labute approximate surface area is 132 Å². The smallest absolute Gasteiger partial charge is 0.237 e. The number of carbonyl (C=O) groups is 1. The fraction of sp³-hybridized carbons (Fsp3) is 0.929. The van der Waals surface area contributed by atoms with Gasteiger partial charge in [-0.2, -0.15) is 0 Å². The molecule has 0 unspecified atom stereocenters.